The molecule has 0 atom stereocenters. The Morgan fingerprint density at radius 1 is 0.519 bits per heavy atom. The zero-order valence-electron chi connectivity index (χ0n) is 20.1. The molecule has 2 rings (SSSR count). The molecule has 0 bridgehead atoms. The van der Waals surface area contributed by atoms with Gasteiger partial charge in [0.25, 0.3) is 0 Å². The second-order valence-corrected chi connectivity index (χ2v) is 11.7. The Bertz CT molecular complexity index is 510. The summed E-state index contributed by atoms with van der Waals surface area (Å²) in [5.74, 6) is 0. The van der Waals surface area contributed by atoms with Crippen molar-refractivity contribution in [2.75, 3.05) is 0 Å². The smallest absolute Gasteiger partial charge is 0 e. The normalized spacial score (nSPS) is 17.9. The van der Waals surface area contributed by atoms with E-state index < -0.39 is 0 Å². The fourth-order valence-electron chi connectivity index (χ4n) is 3.61. The first-order valence-electron chi connectivity index (χ1n) is 10.1. The summed E-state index contributed by atoms with van der Waals surface area (Å²) in [5.41, 5.74) is 6.84. The molecule has 152 valence electrons. The Morgan fingerprint density at radius 2 is 0.778 bits per heavy atom. The molecular formula is C26H42Ce-2. The molecule has 2 aliphatic rings. The zero-order valence-corrected chi connectivity index (χ0v) is 23.2. The van der Waals surface area contributed by atoms with Gasteiger partial charge in [0, 0.05) is 41.7 Å². The summed E-state index contributed by atoms with van der Waals surface area (Å²) in [6.45, 7) is 27.2. The molecule has 0 radical (unpaired) electrons. The second kappa shape index (κ2) is 9.43. The predicted molar refractivity (Wildman–Crippen MR) is 117 cm³/mol. The minimum absolute atomic E-state index is 0. The van der Waals surface area contributed by atoms with Crippen molar-refractivity contribution in [2.24, 2.45) is 21.7 Å². The van der Waals surface area contributed by atoms with Crippen LogP contribution in [0.3, 0.4) is 0 Å². The number of allylic oxidation sites excluding steroid dienone is 8. The summed E-state index contributed by atoms with van der Waals surface area (Å²) < 4.78 is 0. The molecular weight excluding hydrogens is 452 g/mol. The van der Waals surface area contributed by atoms with Crippen molar-refractivity contribution < 1.29 is 41.7 Å². The van der Waals surface area contributed by atoms with Crippen molar-refractivity contribution in [2.45, 2.75) is 95.9 Å². The minimum atomic E-state index is 0. The van der Waals surface area contributed by atoms with Gasteiger partial charge in [-0.05, 0) is 10.8 Å². The molecule has 1 heteroatoms. The minimum Gasteiger partial charge on any atom is -0.269 e. The van der Waals surface area contributed by atoms with Crippen LogP contribution in [0.25, 0.3) is 0 Å². The summed E-state index contributed by atoms with van der Waals surface area (Å²) in [5, 5.41) is 0. The second-order valence-electron chi connectivity index (χ2n) is 11.7. The van der Waals surface area contributed by atoms with E-state index in [1.54, 1.807) is 0 Å². The Hall–Kier alpha value is 0.337. The average molecular weight is 495 g/mol. The van der Waals surface area contributed by atoms with Gasteiger partial charge < -0.3 is 0 Å². The maximum atomic E-state index is 3.48. The Kier molecular flexibility index (Phi) is 9.55. The first kappa shape index (κ1) is 27.3. The van der Waals surface area contributed by atoms with Gasteiger partial charge in [0.2, 0.25) is 0 Å². The number of hydrogen-bond donors (Lipinski definition) is 0. The Morgan fingerprint density at radius 3 is 0.926 bits per heavy atom. The monoisotopic (exact) mass is 494 g/mol. The zero-order chi connectivity index (χ0) is 20.6. The van der Waals surface area contributed by atoms with E-state index in [1.165, 1.54) is 22.3 Å². The van der Waals surface area contributed by atoms with E-state index in [0.29, 0.717) is 0 Å². The van der Waals surface area contributed by atoms with Gasteiger partial charge in [-0.1, -0.05) is 93.9 Å². The van der Waals surface area contributed by atoms with Crippen molar-refractivity contribution in [3.05, 3.63) is 46.6 Å². The molecule has 0 fully saturated rings. The van der Waals surface area contributed by atoms with Crippen LogP contribution < -0.4 is 0 Å². The maximum absolute atomic E-state index is 3.48. The molecule has 2 aliphatic carbocycles. The molecule has 0 amide bonds. The average Bonchev–Trinajstić information content (AvgIpc) is 3.06. The summed E-state index contributed by atoms with van der Waals surface area (Å²) in [6, 6.07) is 0. The number of hydrogen-bond acceptors (Lipinski definition) is 0. The van der Waals surface area contributed by atoms with Crippen LogP contribution in [-0.2, 0) is 0 Å². The van der Waals surface area contributed by atoms with Crippen LogP contribution in [0, 0.1) is 75.6 Å². The first-order valence-corrected chi connectivity index (χ1v) is 10.1. The van der Waals surface area contributed by atoms with Gasteiger partial charge in [-0.2, -0.15) is 23.3 Å². The third kappa shape index (κ3) is 7.94. The van der Waals surface area contributed by atoms with Crippen LogP contribution in [-0.4, -0.2) is 0 Å². The van der Waals surface area contributed by atoms with Crippen molar-refractivity contribution in [1.29, 1.82) is 0 Å². The molecule has 0 saturated heterocycles. The fraction of sp³-hybridized carbons (Fsp3) is 0.692. The van der Waals surface area contributed by atoms with E-state index in [4.69, 9.17) is 0 Å². The summed E-state index contributed by atoms with van der Waals surface area (Å²) in [4.78, 5) is 0. The quantitative estimate of drug-likeness (QED) is 0.297. The maximum Gasteiger partial charge on any atom is 0 e. The molecule has 0 aromatic rings. The molecule has 0 unspecified atom stereocenters. The third-order valence-electron chi connectivity index (χ3n) is 4.82. The Labute approximate surface area is 204 Å². The van der Waals surface area contributed by atoms with E-state index in [2.05, 4.69) is 107 Å². The van der Waals surface area contributed by atoms with Crippen molar-refractivity contribution >= 4 is 0 Å². The van der Waals surface area contributed by atoms with E-state index in [9.17, 15) is 0 Å². The topological polar surface area (TPSA) is 0 Å². The molecule has 0 spiro atoms. The van der Waals surface area contributed by atoms with Gasteiger partial charge in [0.15, 0.2) is 0 Å². The molecule has 0 aromatic carbocycles. The first-order chi connectivity index (χ1) is 11.5. The van der Waals surface area contributed by atoms with Crippen LogP contribution >= 0.6 is 0 Å². The molecule has 0 heterocycles. The van der Waals surface area contributed by atoms with E-state index >= 15 is 0 Å². The largest absolute Gasteiger partial charge is 0.269 e. The van der Waals surface area contributed by atoms with E-state index in [1.807, 2.05) is 0 Å². The van der Waals surface area contributed by atoms with Crippen molar-refractivity contribution in [3.8, 4) is 0 Å². The van der Waals surface area contributed by atoms with E-state index in [-0.39, 0.29) is 63.4 Å². The van der Waals surface area contributed by atoms with Gasteiger partial charge in [-0.3, -0.25) is 12.2 Å². The molecule has 0 nitrogen and oxygen atoms in total. The molecule has 0 N–H and O–H groups in total. The SMILES string of the molecule is CC(C)(C)C1=[C-]CC=C1C(C)(C)C.CC(C)(C)C1=[C-]CC=C1C(C)(C)C.[Ce]. The standard InChI is InChI=1S/2C13H21.Ce/c2*1-12(2,3)10-8-7-9-11(10)13(4,5)6;/h2*8H,7H2,1-6H3;/q2*-1;. The molecule has 27 heavy (non-hydrogen) atoms. The third-order valence-corrected chi connectivity index (χ3v) is 4.82. The predicted octanol–water partition coefficient (Wildman–Crippen LogP) is 8.28. The Balaban J connectivity index is 0.000000483. The van der Waals surface area contributed by atoms with Crippen LogP contribution in [0.5, 0.6) is 0 Å². The van der Waals surface area contributed by atoms with Crippen LogP contribution in [0.2, 0.25) is 0 Å². The van der Waals surface area contributed by atoms with Crippen LogP contribution in [0.1, 0.15) is 95.9 Å². The van der Waals surface area contributed by atoms with Crippen molar-refractivity contribution in [3.63, 3.8) is 0 Å². The number of rotatable bonds is 0. The van der Waals surface area contributed by atoms with Crippen molar-refractivity contribution in [1.82, 2.24) is 0 Å². The van der Waals surface area contributed by atoms with Gasteiger partial charge in [-0.25, -0.2) is 11.1 Å². The van der Waals surface area contributed by atoms with Gasteiger partial charge >= 0.3 is 0 Å². The fourth-order valence-corrected chi connectivity index (χ4v) is 3.61. The van der Waals surface area contributed by atoms with Gasteiger partial charge in [-0.15, -0.1) is 12.8 Å². The van der Waals surface area contributed by atoms with Gasteiger partial charge in [0.1, 0.15) is 0 Å². The molecule has 0 saturated carbocycles. The summed E-state index contributed by atoms with van der Waals surface area (Å²) in [6.07, 6.45) is 13.6. The van der Waals surface area contributed by atoms with Gasteiger partial charge in [0.05, 0.1) is 0 Å². The van der Waals surface area contributed by atoms with Crippen LogP contribution in [0.4, 0.5) is 0 Å². The molecule has 0 aliphatic heterocycles. The molecule has 0 aromatic heterocycles. The van der Waals surface area contributed by atoms with Crippen LogP contribution in [0.15, 0.2) is 34.4 Å². The van der Waals surface area contributed by atoms with E-state index in [0.717, 1.165) is 12.8 Å². The summed E-state index contributed by atoms with van der Waals surface area (Å²) in [7, 11) is 0. The summed E-state index contributed by atoms with van der Waals surface area (Å²) >= 11 is 0.